The number of rotatable bonds is 1. The molecule has 0 N–H and O–H groups in total. The van der Waals surface area contributed by atoms with Gasteiger partial charge in [-0.05, 0) is 26.0 Å². The van der Waals surface area contributed by atoms with Crippen molar-refractivity contribution in [1.29, 1.82) is 0 Å². The van der Waals surface area contributed by atoms with E-state index < -0.39 is 0 Å². The van der Waals surface area contributed by atoms with Crippen LogP contribution in [0.15, 0.2) is 18.3 Å². The average molecular weight is 209 g/mol. The van der Waals surface area contributed by atoms with Gasteiger partial charge in [-0.1, -0.05) is 0 Å². The van der Waals surface area contributed by atoms with Crippen LogP contribution in [0.5, 0.6) is 0 Å². The quantitative estimate of drug-likeness (QED) is 0.723. The molecule has 0 saturated carbocycles. The third-order valence-electron chi connectivity index (χ3n) is 1.95. The fourth-order valence-corrected chi connectivity index (χ4v) is 2.36. The molecule has 74 valence electrons. The zero-order chi connectivity index (χ0) is 10.1. The molecule has 0 aliphatic rings. The van der Waals surface area contributed by atoms with E-state index in [4.69, 9.17) is 4.74 Å². The second-order valence-electron chi connectivity index (χ2n) is 3.00. The van der Waals surface area contributed by atoms with Crippen LogP contribution in [0.2, 0.25) is 0 Å². The Morgan fingerprint density at radius 3 is 3.14 bits per heavy atom. The molecule has 2 rings (SSSR count). The summed E-state index contributed by atoms with van der Waals surface area (Å²) in [6.07, 6.45) is 1.45. The molecular formula is C10H11NO2S. The number of aromatic nitrogens is 1. The van der Waals surface area contributed by atoms with Gasteiger partial charge >= 0.3 is 6.09 Å². The van der Waals surface area contributed by atoms with Gasteiger partial charge in [-0.15, -0.1) is 11.3 Å². The highest BCUT2D eigenvalue weighted by molar-refractivity contribution is 7.18. The molecule has 14 heavy (non-hydrogen) atoms. The van der Waals surface area contributed by atoms with Crippen molar-refractivity contribution in [2.75, 3.05) is 6.61 Å². The van der Waals surface area contributed by atoms with Gasteiger partial charge in [-0.2, -0.15) is 0 Å². The molecule has 0 saturated heterocycles. The number of nitrogens with zero attached hydrogens (tertiary/aromatic N) is 1. The second kappa shape index (κ2) is 3.46. The minimum absolute atomic E-state index is 0.302. The molecule has 0 fully saturated rings. The van der Waals surface area contributed by atoms with E-state index in [1.165, 1.54) is 4.88 Å². The number of thiophene rings is 1. The highest BCUT2D eigenvalue weighted by atomic mass is 32.1. The fourth-order valence-electron chi connectivity index (χ4n) is 1.39. The summed E-state index contributed by atoms with van der Waals surface area (Å²) in [5, 5.41) is 1.10. The van der Waals surface area contributed by atoms with Crippen molar-refractivity contribution in [3.05, 3.63) is 23.2 Å². The summed E-state index contributed by atoms with van der Waals surface area (Å²) in [6.45, 7) is 4.24. The second-order valence-corrected chi connectivity index (χ2v) is 4.24. The predicted octanol–water partition coefficient (Wildman–Crippen LogP) is 3.02. The summed E-state index contributed by atoms with van der Waals surface area (Å²) in [6, 6.07) is 3.99. The lowest BCUT2D eigenvalue weighted by Gasteiger charge is -2.01. The van der Waals surface area contributed by atoms with Crippen molar-refractivity contribution in [2.24, 2.45) is 0 Å². The summed E-state index contributed by atoms with van der Waals surface area (Å²) in [7, 11) is 0. The van der Waals surface area contributed by atoms with Gasteiger partial charge < -0.3 is 4.74 Å². The molecule has 0 amide bonds. The molecule has 2 aromatic rings. The van der Waals surface area contributed by atoms with Gasteiger partial charge in [-0.3, -0.25) is 0 Å². The topological polar surface area (TPSA) is 31.2 Å². The lowest BCUT2D eigenvalue weighted by molar-refractivity contribution is 0.155. The monoisotopic (exact) mass is 209 g/mol. The molecule has 0 bridgehead atoms. The van der Waals surface area contributed by atoms with Crippen molar-refractivity contribution in [3.63, 3.8) is 0 Å². The van der Waals surface area contributed by atoms with Crippen molar-refractivity contribution in [2.45, 2.75) is 13.8 Å². The highest BCUT2D eigenvalue weighted by Gasteiger charge is 2.10. The van der Waals surface area contributed by atoms with Gasteiger partial charge in [-0.25, -0.2) is 9.36 Å². The molecule has 4 heteroatoms. The molecule has 3 nitrogen and oxygen atoms in total. The summed E-state index contributed by atoms with van der Waals surface area (Å²) in [5.74, 6) is 0. The molecular weight excluding hydrogens is 198 g/mol. The summed E-state index contributed by atoms with van der Waals surface area (Å²) < 4.78 is 6.49. The third kappa shape index (κ3) is 1.42. The number of carbonyl (C=O) groups excluding carboxylic acids is 1. The minimum atomic E-state index is -0.302. The van der Waals surface area contributed by atoms with Gasteiger partial charge in [0.05, 0.1) is 6.61 Å². The molecule has 0 unspecified atom stereocenters. The molecule has 0 radical (unpaired) electrons. The van der Waals surface area contributed by atoms with Gasteiger partial charge in [0, 0.05) is 16.5 Å². The van der Waals surface area contributed by atoms with E-state index in [9.17, 15) is 4.79 Å². The minimum Gasteiger partial charge on any atom is -0.449 e. The van der Waals surface area contributed by atoms with Gasteiger partial charge in [0.2, 0.25) is 0 Å². The summed E-state index contributed by atoms with van der Waals surface area (Å²) in [5.41, 5.74) is 0. The maximum absolute atomic E-state index is 11.5. The standard InChI is InChI=1S/C10H11NO2S/c1-3-13-10(12)11-5-4-8-6-7(2)14-9(8)11/h4-6H,3H2,1-2H3. The Labute approximate surface area is 85.9 Å². The normalized spacial score (nSPS) is 10.7. The maximum Gasteiger partial charge on any atom is 0.419 e. The van der Waals surface area contributed by atoms with Gasteiger partial charge in [0.15, 0.2) is 0 Å². The van der Waals surface area contributed by atoms with Crippen molar-refractivity contribution in [1.82, 2.24) is 4.57 Å². The largest absolute Gasteiger partial charge is 0.449 e. The van der Waals surface area contributed by atoms with E-state index >= 15 is 0 Å². The Morgan fingerprint density at radius 1 is 1.64 bits per heavy atom. The number of hydrogen-bond acceptors (Lipinski definition) is 3. The Morgan fingerprint density at radius 2 is 2.43 bits per heavy atom. The summed E-state index contributed by atoms with van der Waals surface area (Å²) >= 11 is 1.60. The lowest BCUT2D eigenvalue weighted by Crippen LogP contribution is -2.11. The Hall–Kier alpha value is -1.29. The molecule has 0 aliphatic heterocycles. The molecule has 0 aromatic carbocycles. The van der Waals surface area contributed by atoms with Crippen LogP contribution in [-0.2, 0) is 4.74 Å². The van der Waals surface area contributed by atoms with Crippen LogP contribution in [0.25, 0.3) is 10.2 Å². The van der Waals surface area contributed by atoms with Gasteiger partial charge in [0.25, 0.3) is 0 Å². The number of fused-ring (bicyclic) bond motifs is 1. The Balaban J connectivity index is 2.46. The average Bonchev–Trinajstić information content (AvgIpc) is 2.62. The molecule has 2 aromatic heterocycles. The fraction of sp³-hybridized carbons (Fsp3) is 0.300. The van der Waals surface area contributed by atoms with Crippen LogP contribution < -0.4 is 0 Å². The lowest BCUT2D eigenvalue weighted by atomic mass is 10.4. The van der Waals surface area contributed by atoms with Crippen molar-refractivity contribution < 1.29 is 9.53 Å². The van der Waals surface area contributed by atoms with Crippen molar-refractivity contribution >= 4 is 27.6 Å². The van der Waals surface area contributed by atoms with E-state index in [2.05, 4.69) is 6.07 Å². The number of hydrogen-bond donors (Lipinski definition) is 0. The van der Waals surface area contributed by atoms with Crippen LogP contribution in [-0.4, -0.2) is 17.3 Å². The van der Waals surface area contributed by atoms with Crippen LogP contribution in [0.1, 0.15) is 11.8 Å². The smallest absolute Gasteiger partial charge is 0.419 e. The molecule has 0 aliphatic carbocycles. The van der Waals surface area contributed by atoms with Crippen molar-refractivity contribution in [3.8, 4) is 0 Å². The van der Waals surface area contributed by atoms with E-state index in [0.717, 1.165) is 10.2 Å². The first kappa shape index (κ1) is 9.27. The van der Waals surface area contributed by atoms with E-state index in [1.807, 2.05) is 13.0 Å². The Kier molecular flexibility index (Phi) is 2.29. The zero-order valence-electron chi connectivity index (χ0n) is 8.11. The number of ether oxygens (including phenoxy) is 1. The van der Waals surface area contributed by atoms with E-state index in [0.29, 0.717) is 6.61 Å². The van der Waals surface area contributed by atoms with Crippen LogP contribution in [0.3, 0.4) is 0 Å². The SMILES string of the molecule is CCOC(=O)n1ccc2cc(C)sc21. The zero-order valence-corrected chi connectivity index (χ0v) is 8.93. The number of aryl methyl sites for hydroxylation is 1. The summed E-state index contributed by atoms with van der Waals surface area (Å²) in [4.78, 5) is 13.6. The number of carbonyl (C=O) groups is 1. The van der Waals surface area contributed by atoms with Crippen LogP contribution in [0.4, 0.5) is 4.79 Å². The first-order chi connectivity index (χ1) is 6.72. The van der Waals surface area contributed by atoms with Crippen LogP contribution in [0, 0.1) is 6.92 Å². The highest BCUT2D eigenvalue weighted by Crippen LogP contribution is 2.25. The molecule has 2 heterocycles. The first-order valence-corrected chi connectivity index (χ1v) is 5.28. The first-order valence-electron chi connectivity index (χ1n) is 4.47. The molecule has 0 spiro atoms. The maximum atomic E-state index is 11.5. The third-order valence-corrected chi connectivity index (χ3v) is 3.02. The van der Waals surface area contributed by atoms with Gasteiger partial charge in [0.1, 0.15) is 4.83 Å². The van der Waals surface area contributed by atoms with E-state index in [-0.39, 0.29) is 6.09 Å². The molecule has 0 atom stereocenters. The van der Waals surface area contributed by atoms with E-state index in [1.54, 1.807) is 29.0 Å². The Bertz CT molecular complexity index is 469. The predicted molar refractivity (Wildman–Crippen MR) is 57.0 cm³/mol. The van der Waals surface area contributed by atoms with Crippen LogP contribution >= 0.6 is 11.3 Å².